The Morgan fingerprint density at radius 2 is 1.76 bits per heavy atom. The number of carbonyl (C=O) groups excluding carboxylic acids is 1. The molecule has 1 aliphatic heterocycles. The summed E-state index contributed by atoms with van der Waals surface area (Å²) >= 11 is 2.73. The summed E-state index contributed by atoms with van der Waals surface area (Å²) in [5, 5.41) is 2.45. The Labute approximate surface area is 229 Å². The van der Waals surface area contributed by atoms with Crippen molar-refractivity contribution in [2.24, 2.45) is 0 Å². The Kier molecular flexibility index (Phi) is 8.19. The fourth-order valence-corrected chi connectivity index (χ4v) is 6.28. The fraction of sp³-hybridized carbons (Fsp3) is 0.321. The van der Waals surface area contributed by atoms with Crippen LogP contribution < -0.4 is 19.9 Å². The van der Waals surface area contributed by atoms with E-state index in [0.29, 0.717) is 52.9 Å². The van der Waals surface area contributed by atoms with E-state index >= 15 is 0 Å². The molecule has 1 amide bonds. The Morgan fingerprint density at radius 1 is 1.00 bits per heavy atom. The van der Waals surface area contributed by atoms with Crippen molar-refractivity contribution in [3.63, 3.8) is 0 Å². The zero-order valence-electron chi connectivity index (χ0n) is 21.5. The maximum absolute atomic E-state index is 13.3. The van der Waals surface area contributed by atoms with Crippen LogP contribution in [0.2, 0.25) is 0 Å². The summed E-state index contributed by atoms with van der Waals surface area (Å²) < 4.78 is 13.1. The lowest BCUT2D eigenvalue weighted by Crippen LogP contribution is -2.49. The summed E-state index contributed by atoms with van der Waals surface area (Å²) in [6.07, 6.45) is 0.613. The van der Waals surface area contributed by atoms with Gasteiger partial charge in [0, 0.05) is 38.4 Å². The lowest BCUT2D eigenvalue weighted by Gasteiger charge is -2.36. The molecule has 5 rings (SSSR count). The Bertz CT molecular complexity index is 1460. The fourth-order valence-electron chi connectivity index (χ4n) is 4.58. The van der Waals surface area contributed by atoms with Crippen molar-refractivity contribution in [1.82, 2.24) is 14.5 Å². The first-order valence-electron chi connectivity index (χ1n) is 12.5. The molecule has 0 saturated carbocycles. The number of benzene rings is 2. The molecule has 1 fully saturated rings. The molecule has 2 aromatic heterocycles. The van der Waals surface area contributed by atoms with Crippen molar-refractivity contribution in [2.45, 2.75) is 18.1 Å². The van der Waals surface area contributed by atoms with E-state index in [-0.39, 0.29) is 17.2 Å². The van der Waals surface area contributed by atoms with E-state index in [1.54, 1.807) is 18.8 Å². The number of amides is 1. The van der Waals surface area contributed by atoms with Gasteiger partial charge in [-0.2, -0.15) is 0 Å². The van der Waals surface area contributed by atoms with Gasteiger partial charge in [-0.1, -0.05) is 36.0 Å². The van der Waals surface area contributed by atoms with Gasteiger partial charge < -0.3 is 19.3 Å². The SMILES string of the molecule is COc1ccc(CCn2c(SCC(=O)N3CCN(c4ccccc4)CC3)nc3ccsc3c2=O)cc1OC. The zero-order valence-corrected chi connectivity index (χ0v) is 23.1. The molecule has 0 aliphatic carbocycles. The van der Waals surface area contributed by atoms with Gasteiger partial charge >= 0.3 is 0 Å². The predicted molar refractivity (Wildman–Crippen MR) is 153 cm³/mol. The van der Waals surface area contributed by atoms with Crippen LogP contribution in [0.3, 0.4) is 0 Å². The lowest BCUT2D eigenvalue weighted by atomic mass is 10.1. The van der Waals surface area contributed by atoms with E-state index < -0.39 is 0 Å². The number of rotatable bonds is 9. The van der Waals surface area contributed by atoms with Gasteiger partial charge in [0.1, 0.15) is 4.70 Å². The molecule has 0 bridgehead atoms. The molecule has 10 heteroatoms. The second-order valence-electron chi connectivity index (χ2n) is 8.92. The van der Waals surface area contributed by atoms with Crippen molar-refractivity contribution in [3.8, 4) is 11.5 Å². The zero-order chi connectivity index (χ0) is 26.5. The van der Waals surface area contributed by atoms with E-state index in [0.717, 1.165) is 18.7 Å². The van der Waals surface area contributed by atoms with Crippen molar-refractivity contribution in [2.75, 3.05) is 51.1 Å². The van der Waals surface area contributed by atoms with Crippen LogP contribution in [0.15, 0.2) is 69.9 Å². The topological polar surface area (TPSA) is 76.9 Å². The quantitative estimate of drug-likeness (QED) is 0.229. The van der Waals surface area contributed by atoms with E-state index in [1.807, 2.05) is 52.7 Å². The Balaban J connectivity index is 1.27. The highest BCUT2D eigenvalue weighted by atomic mass is 32.2. The second-order valence-corrected chi connectivity index (χ2v) is 10.8. The van der Waals surface area contributed by atoms with E-state index in [4.69, 9.17) is 14.5 Å². The number of anilines is 1. The number of hydrogen-bond acceptors (Lipinski definition) is 8. The van der Waals surface area contributed by atoms with Crippen LogP contribution in [0, 0.1) is 0 Å². The van der Waals surface area contributed by atoms with Crippen LogP contribution in [0.5, 0.6) is 11.5 Å². The maximum Gasteiger partial charge on any atom is 0.272 e. The third-order valence-corrected chi connectivity index (χ3v) is 8.53. The molecule has 0 unspecified atom stereocenters. The van der Waals surface area contributed by atoms with Gasteiger partial charge in [-0.15, -0.1) is 11.3 Å². The number of hydrogen-bond donors (Lipinski definition) is 0. The number of para-hydroxylation sites is 1. The summed E-state index contributed by atoms with van der Waals surface area (Å²) in [5.74, 6) is 1.61. The van der Waals surface area contributed by atoms with Gasteiger partial charge in [0.25, 0.3) is 5.56 Å². The van der Waals surface area contributed by atoms with Gasteiger partial charge in [-0.05, 0) is 47.7 Å². The smallest absolute Gasteiger partial charge is 0.272 e. The molecule has 3 heterocycles. The molecular formula is C28H30N4O4S2. The average molecular weight is 551 g/mol. The number of ether oxygens (including phenoxy) is 2. The third kappa shape index (κ3) is 5.66. The Hall–Kier alpha value is -3.50. The van der Waals surface area contributed by atoms with E-state index in [1.165, 1.54) is 28.8 Å². The first-order chi connectivity index (χ1) is 18.6. The number of piperazine rings is 1. The summed E-state index contributed by atoms with van der Waals surface area (Å²) in [6, 6.07) is 17.9. The van der Waals surface area contributed by atoms with Gasteiger partial charge in [-0.25, -0.2) is 4.98 Å². The lowest BCUT2D eigenvalue weighted by molar-refractivity contribution is -0.128. The van der Waals surface area contributed by atoms with E-state index in [2.05, 4.69) is 17.0 Å². The molecular weight excluding hydrogens is 520 g/mol. The molecule has 1 aliphatic rings. The van der Waals surface area contributed by atoms with Crippen molar-refractivity contribution in [3.05, 3.63) is 75.9 Å². The number of aryl methyl sites for hydroxylation is 1. The largest absolute Gasteiger partial charge is 0.493 e. The highest BCUT2D eigenvalue weighted by Crippen LogP contribution is 2.28. The van der Waals surface area contributed by atoms with Crippen LogP contribution in [-0.2, 0) is 17.8 Å². The van der Waals surface area contributed by atoms with Crippen LogP contribution in [0.25, 0.3) is 10.2 Å². The summed E-state index contributed by atoms with van der Waals surface area (Å²) in [4.78, 5) is 35.4. The molecule has 0 radical (unpaired) electrons. The van der Waals surface area contributed by atoms with Gasteiger partial charge in [0.2, 0.25) is 5.91 Å². The van der Waals surface area contributed by atoms with Gasteiger partial charge in [0.05, 0.1) is 25.5 Å². The van der Waals surface area contributed by atoms with Crippen LogP contribution in [0.1, 0.15) is 5.56 Å². The molecule has 2 aromatic carbocycles. The second kappa shape index (κ2) is 11.9. The molecule has 0 atom stereocenters. The monoisotopic (exact) mass is 550 g/mol. The highest BCUT2D eigenvalue weighted by molar-refractivity contribution is 7.99. The number of aromatic nitrogens is 2. The van der Waals surface area contributed by atoms with Gasteiger partial charge in [-0.3, -0.25) is 14.2 Å². The minimum Gasteiger partial charge on any atom is -0.493 e. The molecule has 0 N–H and O–H groups in total. The number of thioether (sulfide) groups is 1. The van der Waals surface area contributed by atoms with E-state index in [9.17, 15) is 9.59 Å². The molecule has 0 spiro atoms. The molecule has 4 aromatic rings. The Morgan fingerprint density at radius 3 is 2.50 bits per heavy atom. The highest BCUT2D eigenvalue weighted by Gasteiger charge is 2.22. The molecule has 1 saturated heterocycles. The summed E-state index contributed by atoms with van der Waals surface area (Å²) in [7, 11) is 3.21. The normalized spacial score (nSPS) is 13.6. The standard InChI is InChI=1S/C28H30N4O4S2/c1-35-23-9-8-20(18-24(23)36-2)10-12-32-27(34)26-22(11-17-37-26)29-28(32)38-19-25(33)31-15-13-30(14-16-31)21-6-4-3-5-7-21/h3-9,11,17-18H,10,12-16,19H2,1-2H3. The summed E-state index contributed by atoms with van der Waals surface area (Å²) in [5.41, 5.74) is 2.80. The minimum atomic E-state index is -0.0723. The predicted octanol–water partition coefficient (Wildman–Crippen LogP) is 4.16. The maximum atomic E-state index is 13.3. The average Bonchev–Trinajstić information content (AvgIpc) is 3.45. The van der Waals surface area contributed by atoms with Crippen LogP contribution in [-0.4, -0.2) is 66.5 Å². The minimum absolute atomic E-state index is 0.0637. The molecule has 198 valence electrons. The van der Waals surface area contributed by atoms with Crippen LogP contribution in [0.4, 0.5) is 5.69 Å². The molecule has 8 nitrogen and oxygen atoms in total. The summed E-state index contributed by atoms with van der Waals surface area (Å²) in [6.45, 7) is 3.40. The van der Waals surface area contributed by atoms with Crippen molar-refractivity contribution < 1.29 is 14.3 Å². The van der Waals surface area contributed by atoms with Crippen molar-refractivity contribution in [1.29, 1.82) is 0 Å². The number of fused-ring (bicyclic) bond motifs is 1. The molecule has 38 heavy (non-hydrogen) atoms. The van der Waals surface area contributed by atoms with Gasteiger partial charge in [0.15, 0.2) is 16.7 Å². The number of carbonyl (C=O) groups is 1. The number of methoxy groups -OCH3 is 2. The van der Waals surface area contributed by atoms with Crippen molar-refractivity contribution >= 4 is 44.9 Å². The first kappa shape index (κ1) is 26.1. The van der Waals surface area contributed by atoms with Crippen LogP contribution >= 0.6 is 23.1 Å². The third-order valence-electron chi connectivity index (χ3n) is 6.68. The first-order valence-corrected chi connectivity index (χ1v) is 14.3. The number of thiophene rings is 1. The number of nitrogens with zero attached hydrogens (tertiary/aromatic N) is 4.